The average molecular weight is 494 g/mol. The Morgan fingerprint density at radius 3 is 2.42 bits per heavy atom. The zero-order valence-corrected chi connectivity index (χ0v) is 19.3. The molecule has 1 fully saturated rings. The van der Waals surface area contributed by atoms with Gasteiger partial charge in [-0.15, -0.1) is 24.0 Å². The maximum Gasteiger partial charge on any atom is 0.193 e. The fourth-order valence-corrected chi connectivity index (χ4v) is 3.18. The summed E-state index contributed by atoms with van der Waals surface area (Å²) in [6.45, 7) is 7.78. The highest BCUT2D eigenvalue weighted by Crippen LogP contribution is 2.11. The maximum absolute atomic E-state index is 5.94. The van der Waals surface area contributed by atoms with Crippen molar-refractivity contribution in [1.29, 1.82) is 0 Å². The topological polar surface area (TPSA) is 34.1 Å². The van der Waals surface area contributed by atoms with Crippen LogP contribution in [0.25, 0.3) is 0 Å². The number of rotatable bonds is 7. The van der Waals surface area contributed by atoms with Crippen LogP contribution in [0, 0.1) is 0 Å². The molecule has 1 aliphatic heterocycles. The summed E-state index contributed by atoms with van der Waals surface area (Å²) in [5, 5.41) is 4.24. The van der Waals surface area contributed by atoms with Crippen molar-refractivity contribution in [2.75, 3.05) is 60.4 Å². The van der Waals surface area contributed by atoms with Gasteiger partial charge >= 0.3 is 0 Å². The summed E-state index contributed by atoms with van der Waals surface area (Å²) in [7, 11) is 6.10. The lowest BCUT2D eigenvalue weighted by Crippen LogP contribution is -2.44. The number of unbranched alkanes of at least 4 members (excludes halogenated alkanes) is 1. The van der Waals surface area contributed by atoms with Crippen molar-refractivity contribution in [1.82, 2.24) is 20.0 Å². The van der Waals surface area contributed by atoms with E-state index in [1.165, 1.54) is 51.1 Å². The van der Waals surface area contributed by atoms with E-state index in [4.69, 9.17) is 11.6 Å². The van der Waals surface area contributed by atoms with Crippen LogP contribution in [0.15, 0.2) is 29.3 Å². The van der Waals surface area contributed by atoms with Gasteiger partial charge in [0.25, 0.3) is 0 Å². The van der Waals surface area contributed by atoms with Crippen LogP contribution in [0.3, 0.4) is 0 Å². The summed E-state index contributed by atoms with van der Waals surface area (Å²) in [6.07, 6.45) is 2.40. The van der Waals surface area contributed by atoms with Crippen LogP contribution in [0.4, 0.5) is 0 Å². The van der Waals surface area contributed by atoms with E-state index in [0.29, 0.717) is 0 Å². The standard InChI is InChI=1S/C19H32ClN5.HI/c1-21-19(24(3)16-17-6-8-18(20)9-7-17)22-10-4-5-11-25-14-12-23(2)13-15-25;/h6-9H,4-5,10-16H2,1-3H3,(H,21,22);1H. The van der Waals surface area contributed by atoms with Crippen LogP contribution >= 0.6 is 35.6 Å². The molecule has 0 bridgehead atoms. The van der Waals surface area contributed by atoms with Crippen LogP contribution in [-0.2, 0) is 6.54 Å². The van der Waals surface area contributed by atoms with Crippen molar-refractivity contribution in [3.8, 4) is 0 Å². The highest BCUT2D eigenvalue weighted by molar-refractivity contribution is 14.0. The minimum absolute atomic E-state index is 0. The molecule has 7 heteroatoms. The number of hydrogen-bond donors (Lipinski definition) is 1. The van der Waals surface area contributed by atoms with E-state index in [-0.39, 0.29) is 24.0 Å². The van der Waals surface area contributed by atoms with Gasteiger partial charge in [-0.05, 0) is 44.1 Å². The molecule has 1 aliphatic rings. The Bertz CT molecular complexity index is 529. The van der Waals surface area contributed by atoms with Gasteiger partial charge in [0, 0.05) is 58.4 Å². The molecule has 26 heavy (non-hydrogen) atoms. The molecule has 5 nitrogen and oxygen atoms in total. The Kier molecular flexibility index (Phi) is 11.5. The van der Waals surface area contributed by atoms with Gasteiger partial charge in [-0.25, -0.2) is 0 Å². The number of hydrogen-bond acceptors (Lipinski definition) is 3. The van der Waals surface area contributed by atoms with Gasteiger partial charge in [-0.1, -0.05) is 23.7 Å². The summed E-state index contributed by atoms with van der Waals surface area (Å²) >= 11 is 5.94. The SMILES string of the molecule is CN=C(NCCCCN1CCN(C)CC1)N(C)Cc1ccc(Cl)cc1.I. The van der Waals surface area contributed by atoms with Gasteiger partial charge < -0.3 is 20.0 Å². The largest absolute Gasteiger partial charge is 0.356 e. The van der Waals surface area contributed by atoms with Gasteiger partial charge in [0.05, 0.1) is 0 Å². The molecular weight excluding hydrogens is 461 g/mol. The van der Waals surface area contributed by atoms with Gasteiger partial charge in [0.2, 0.25) is 0 Å². The van der Waals surface area contributed by atoms with E-state index in [1.54, 1.807) is 0 Å². The number of likely N-dealkylation sites (N-methyl/N-ethyl adjacent to an activating group) is 1. The number of nitrogens with zero attached hydrogens (tertiary/aromatic N) is 4. The summed E-state index contributed by atoms with van der Waals surface area (Å²) in [6, 6.07) is 7.98. The third kappa shape index (κ3) is 8.41. The second-order valence-electron chi connectivity index (χ2n) is 6.81. The molecule has 0 amide bonds. The Balaban J connectivity index is 0.00000338. The van der Waals surface area contributed by atoms with E-state index in [2.05, 4.69) is 51.2 Å². The van der Waals surface area contributed by atoms with E-state index in [0.717, 1.165) is 24.1 Å². The van der Waals surface area contributed by atoms with Crippen molar-refractivity contribution >= 4 is 41.5 Å². The third-order valence-corrected chi connectivity index (χ3v) is 4.94. The predicted molar refractivity (Wildman–Crippen MR) is 123 cm³/mol. The van der Waals surface area contributed by atoms with Crippen LogP contribution in [0.2, 0.25) is 5.02 Å². The van der Waals surface area contributed by atoms with Gasteiger partial charge in [0.15, 0.2) is 5.96 Å². The number of nitrogens with one attached hydrogen (secondary N) is 1. The lowest BCUT2D eigenvalue weighted by Gasteiger charge is -2.32. The number of piperazine rings is 1. The molecule has 0 aromatic heterocycles. The molecule has 1 aromatic rings. The zero-order valence-electron chi connectivity index (χ0n) is 16.2. The van der Waals surface area contributed by atoms with E-state index >= 15 is 0 Å². The first-order valence-electron chi connectivity index (χ1n) is 9.15. The van der Waals surface area contributed by atoms with E-state index in [1.807, 2.05) is 19.2 Å². The van der Waals surface area contributed by atoms with Crippen molar-refractivity contribution in [3.63, 3.8) is 0 Å². The Labute approximate surface area is 180 Å². The molecule has 1 aromatic carbocycles. The summed E-state index contributed by atoms with van der Waals surface area (Å²) < 4.78 is 0. The molecule has 0 aliphatic carbocycles. The second-order valence-corrected chi connectivity index (χ2v) is 7.24. The Hall–Kier alpha value is -0.570. The smallest absolute Gasteiger partial charge is 0.193 e. The minimum atomic E-state index is 0. The van der Waals surface area contributed by atoms with Crippen LogP contribution in [0.1, 0.15) is 18.4 Å². The maximum atomic E-state index is 5.94. The van der Waals surface area contributed by atoms with Gasteiger partial charge in [-0.2, -0.15) is 0 Å². The highest BCUT2D eigenvalue weighted by atomic mass is 127. The molecule has 148 valence electrons. The lowest BCUT2D eigenvalue weighted by atomic mass is 10.2. The van der Waals surface area contributed by atoms with Crippen LogP contribution in [0.5, 0.6) is 0 Å². The molecule has 0 saturated carbocycles. The predicted octanol–water partition coefficient (Wildman–Crippen LogP) is 2.99. The third-order valence-electron chi connectivity index (χ3n) is 4.69. The van der Waals surface area contributed by atoms with Crippen molar-refractivity contribution in [3.05, 3.63) is 34.9 Å². The molecule has 2 rings (SSSR count). The zero-order chi connectivity index (χ0) is 18.1. The molecule has 1 heterocycles. The second kappa shape index (κ2) is 12.8. The van der Waals surface area contributed by atoms with Crippen molar-refractivity contribution in [2.45, 2.75) is 19.4 Å². The fourth-order valence-electron chi connectivity index (χ4n) is 3.06. The molecule has 0 radical (unpaired) electrons. The molecule has 1 saturated heterocycles. The first-order valence-corrected chi connectivity index (χ1v) is 9.53. The average Bonchev–Trinajstić information content (AvgIpc) is 2.61. The summed E-state index contributed by atoms with van der Waals surface area (Å²) in [4.78, 5) is 11.5. The molecule has 0 unspecified atom stereocenters. The van der Waals surface area contributed by atoms with Crippen molar-refractivity contribution in [2.24, 2.45) is 4.99 Å². The molecule has 0 atom stereocenters. The van der Waals surface area contributed by atoms with E-state index in [9.17, 15) is 0 Å². The highest BCUT2D eigenvalue weighted by Gasteiger charge is 2.12. The number of halogens is 2. The van der Waals surface area contributed by atoms with Crippen LogP contribution in [-0.4, -0.2) is 81.1 Å². The number of guanidine groups is 1. The van der Waals surface area contributed by atoms with Crippen molar-refractivity contribution < 1.29 is 0 Å². The Morgan fingerprint density at radius 1 is 1.15 bits per heavy atom. The number of aliphatic imine (C=N–C) groups is 1. The normalized spacial score (nSPS) is 16.2. The molecular formula is C19H33ClIN5. The van der Waals surface area contributed by atoms with Gasteiger partial charge in [0.1, 0.15) is 0 Å². The van der Waals surface area contributed by atoms with Gasteiger partial charge in [-0.3, -0.25) is 4.99 Å². The van der Waals surface area contributed by atoms with E-state index < -0.39 is 0 Å². The first-order chi connectivity index (χ1) is 12.1. The Morgan fingerprint density at radius 2 is 1.81 bits per heavy atom. The minimum Gasteiger partial charge on any atom is -0.356 e. The molecule has 1 N–H and O–H groups in total. The number of benzene rings is 1. The summed E-state index contributed by atoms with van der Waals surface area (Å²) in [5.41, 5.74) is 1.23. The molecule has 0 spiro atoms. The monoisotopic (exact) mass is 493 g/mol. The quantitative estimate of drug-likeness (QED) is 0.274. The first kappa shape index (κ1) is 23.5. The fraction of sp³-hybridized carbons (Fsp3) is 0.632. The van der Waals surface area contributed by atoms with Crippen LogP contribution < -0.4 is 5.32 Å². The summed E-state index contributed by atoms with van der Waals surface area (Å²) in [5.74, 6) is 0.939. The lowest BCUT2D eigenvalue weighted by molar-refractivity contribution is 0.152.